The Hall–Kier alpha value is -5.00. The number of carbonyl (C=O) groups is 4. The highest BCUT2D eigenvalue weighted by molar-refractivity contribution is 5.87. The van der Waals surface area contributed by atoms with Gasteiger partial charge in [-0.1, -0.05) is 78.0 Å². The predicted molar refractivity (Wildman–Crippen MR) is 194 cm³/mol. The minimum Gasteiger partial charge on any atom is -0.490 e. The lowest BCUT2D eigenvalue weighted by atomic mass is 9.78. The number of esters is 2. The third kappa shape index (κ3) is 15.6. The van der Waals surface area contributed by atoms with E-state index in [0.29, 0.717) is 24.6 Å². The van der Waals surface area contributed by atoms with Gasteiger partial charge in [-0.2, -0.15) is 0 Å². The van der Waals surface area contributed by atoms with Gasteiger partial charge in [0.05, 0.1) is 0 Å². The zero-order valence-corrected chi connectivity index (χ0v) is 30.8. The fraction of sp³-hybridized carbons (Fsp3) is 0.487. The Kier molecular flexibility index (Phi) is 18.1. The summed E-state index contributed by atoms with van der Waals surface area (Å²) in [6, 6.07) is 15.1. The molecule has 12 nitrogen and oxygen atoms in total. The molecule has 2 atom stereocenters. The van der Waals surface area contributed by atoms with Gasteiger partial charge in [-0.3, -0.25) is 0 Å². The third-order valence-electron chi connectivity index (χ3n) is 7.67. The van der Waals surface area contributed by atoms with Crippen molar-refractivity contribution in [3.8, 4) is 11.5 Å². The van der Waals surface area contributed by atoms with E-state index >= 15 is 0 Å². The normalized spacial score (nSPS) is 12.0. The van der Waals surface area contributed by atoms with E-state index in [1.807, 2.05) is 62.4 Å². The molecule has 280 valence electrons. The number of nitrogens with one attached hydrogen (secondary N) is 2. The Labute approximate surface area is 301 Å². The van der Waals surface area contributed by atoms with Crippen LogP contribution in [-0.4, -0.2) is 75.9 Å². The smallest absolute Gasteiger partial charge is 0.407 e. The van der Waals surface area contributed by atoms with Gasteiger partial charge in [-0.05, 0) is 62.1 Å². The van der Waals surface area contributed by atoms with Gasteiger partial charge in [-0.25, -0.2) is 19.2 Å². The number of benzene rings is 2. The summed E-state index contributed by atoms with van der Waals surface area (Å²) >= 11 is 0. The lowest BCUT2D eigenvalue weighted by Crippen LogP contribution is -2.36. The van der Waals surface area contributed by atoms with Gasteiger partial charge in [0.25, 0.3) is 0 Å². The first-order valence-electron chi connectivity index (χ1n) is 17.3. The highest BCUT2D eigenvalue weighted by atomic mass is 16.6. The molecule has 12 heteroatoms. The number of hydrogen-bond acceptors (Lipinski definition) is 10. The van der Waals surface area contributed by atoms with Crippen LogP contribution in [0.4, 0.5) is 9.59 Å². The van der Waals surface area contributed by atoms with E-state index in [1.165, 1.54) is 13.8 Å². The maximum atomic E-state index is 12.2. The Morgan fingerprint density at radius 2 is 0.980 bits per heavy atom. The van der Waals surface area contributed by atoms with E-state index in [-0.39, 0.29) is 37.6 Å². The van der Waals surface area contributed by atoms with E-state index in [0.717, 1.165) is 36.8 Å². The van der Waals surface area contributed by atoms with Gasteiger partial charge in [-0.15, -0.1) is 0 Å². The summed E-state index contributed by atoms with van der Waals surface area (Å²) in [6.45, 7) is 19.0. The van der Waals surface area contributed by atoms with Gasteiger partial charge < -0.3 is 39.1 Å². The van der Waals surface area contributed by atoms with Crippen molar-refractivity contribution in [2.45, 2.75) is 84.8 Å². The molecule has 0 saturated heterocycles. The molecule has 0 saturated carbocycles. The molecule has 2 amide bonds. The molecule has 2 unspecified atom stereocenters. The highest BCUT2D eigenvalue weighted by Crippen LogP contribution is 2.33. The van der Waals surface area contributed by atoms with E-state index in [2.05, 4.69) is 37.6 Å². The monoisotopic (exact) mass is 710 g/mol. The Morgan fingerprint density at radius 1 is 0.627 bits per heavy atom. The molecule has 2 aromatic rings. The number of hydrogen-bond donors (Lipinski definition) is 2. The molecule has 0 bridgehead atoms. The van der Waals surface area contributed by atoms with E-state index in [4.69, 9.17) is 28.4 Å². The van der Waals surface area contributed by atoms with Crippen LogP contribution in [0.2, 0.25) is 0 Å². The molecule has 0 aliphatic heterocycles. The number of alkyl carbamates (subject to hydrolysis) is 2. The second kappa shape index (κ2) is 22.0. The molecular weight excluding hydrogens is 656 g/mol. The molecular formula is C39H54N2O10. The number of rotatable bonds is 22. The molecule has 0 heterocycles. The number of amides is 2. The molecule has 2 N–H and O–H groups in total. The van der Waals surface area contributed by atoms with Crippen molar-refractivity contribution in [1.82, 2.24) is 10.6 Å². The van der Waals surface area contributed by atoms with Crippen molar-refractivity contribution < 1.29 is 47.6 Å². The maximum absolute atomic E-state index is 12.2. The Bertz CT molecular complexity index is 1330. The van der Waals surface area contributed by atoms with Crippen LogP contribution in [-0.2, 0) is 34.0 Å². The zero-order valence-electron chi connectivity index (χ0n) is 30.8. The predicted octanol–water partition coefficient (Wildman–Crippen LogP) is 6.80. The number of ether oxygens (including phenoxy) is 6. The first-order valence-corrected chi connectivity index (χ1v) is 17.3. The second-order valence-corrected chi connectivity index (χ2v) is 12.7. The van der Waals surface area contributed by atoms with E-state index in [9.17, 15) is 19.2 Å². The summed E-state index contributed by atoms with van der Waals surface area (Å²) in [5, 5.41) is 5.36. The number of unbranched alkanes of at least 4 members (excludes halogenated alkanes) is 2. The van der Waals surface area contributed by atoms with E-state index in [1.54, 1.807) is 0 Å². The average Bonchev–Trinajstić information content (AvgIpc) is 3.10. The van der Waals surface area contributed by atoms with Crippen LogP contribution in [0.25, 0.3) is 0 Å². The van der Waals surface area contributed by atoms with Crippen molar-refractivity contribution in [1.29, 1.82) is 0 Å². The lowest BCUT2D eigenvalue weighted by molar-refractivity contribution is -0.143. The fourth-order valence-electron chi connectivity index (χ4n) is 4.42. The molecule has 51 heavy (non-hydrogen) atoms. The molecule has 0 spiro atoms. The molecule has 0 aromatic heterocycles. The van der Waals surface area contributed by atoms with Gasteiger partial charge in [0, 0.05) is 29.7 Å². The van der Waals surface area contributed by atoms with Crippen LogP contribution >= 0.6 is 0 Å². The van der Waals surface area contributed by atoms with Gasteiger partial charge >= 0.3 is 24.1 Å². The molecule has 2 rings (SSSR count). The minimum atomic E-state index is -0.831. The summed E-state index contributed by atoms with van der Waals surface area (Å²) in [4.78, 5) is 48.3. The van der Waals surface area contributed by atoms with Crippen molar-refractivity contribution in [2.75, 3.05) is 39.5 Å². The van der Waals surface area contributed by atoms with Crippen molar-refractivity contribution >= 4 is 24.1 Å². The molecule has 0 radical (unpaired) electrons. The molecule has 2 aromatic carbocycles. The summed E-state index contributed by atoms with van der Waals surface area (Å²) in [6.07, 6.45) is 0.587. The van der Waals surface area contributed by atoms with Crippen LogP contribution in [0.5, 0.6) is 11.5 Å². The summed E-state index contributed by atoms with van der Waals surface area (Å²) < 4.78 is 33.1. The van der Waals surface area contributed by atoms with Gasteiger partial charge in [0.15, 0.2) is 12.2 Å². The standard InChI is InChI=1S/C39H54N2O10/c1-9-11-21-40-37(44)50-33(25-48-35(42)27(3)4)23-46-31-17-13-29(14-18-31)39(7,8)30-15-19-32(20-16-30)47-24-34(26-49-36(43)28(5)6)51-38(45)41-22-12-10-2/h13-20,33-34H,3,5,9-12,21-26H2,1-2,4,6-8H3,(H,40,44)(H,41,45). The van der Waals surface area contributed by atoms with Gasteiger partial charge in [0.2, 0.25) is 0 Å². The lowest BCUT2D eigenvalue weighted by Gasteiger charge is -2.27. The van der Waals surface area contributed by atoms with Gasteiger partial charge in [0.1, 0.15) is 37.9 Å². The van der Waals surface area contributed by atoms with Crippen molar-refractivity contribution in [2.24, 2.45) is 0 Å². The second-order valence-electron chi connectivity index (χ2n) is 12.7. The summed E-state index contributed by atoms with van der Waals surface area (Å²) in [5.74, 6) is -0.0603. The summed E-state index contributed by atoms with van der Waals surface area (Å²) in [7, 11) is 0. The van der Waals surface area contributed by atoms with Crippen LogP contribution < -0.4 is 20.1 Å². The fourth-order valence-corrected chi connectivity index (χ4v) is 4.42. The maximum Gasteiger partial charge on any atom is 0.407 e. The number of carbonyl (C=O) groups excluding carboxylic acids is 4. The quantitative estimate of drug-likeness (QED) is 0.0579. The SMILES string of the molecule is C=C(C)C(=O)OCC(COc1ccc(C(C)(C)c2ccc(OCC(COC(=O)C(=C)C)OC(=O)NCCCC)cc2)cc1)OC(=O)NCCCC. The van der Waals surface area contributed by atoms with Crippen LogP contribution in [0.1, 0.15) is 78.4 Å². The molecule has 0 aliphatic rings. The average molecular weight is 711 g/mol. The zero-order chi connectivity index (χ0) is 37.8. The minimum absolute atomic E-state index is 0.0272. The third-order valence-corrected chi connectivity index (χ3v) is 7.67. The van der Waals surface area contributed by atoms with E-state index < -0.39 is 41.7 Å². The largest absolute Gasteiger partial charge is 0.490 e. The first-order chi connectivity index (χ1) is 24.3. The highest BCUT2D eigenvalue weighted by Gasteiger charge is 2.24. The topological polar surface area (TPSA) is 148 Å². The van der Waals surface area contributed by atoms with Crippen LogP contribution in [0, 0.1) is 0 Å². The Morgan fingerprint density at radius 3 is 1.29 bits per heavy atom. The van der Waals surface area contributed by atoms with Crippen molar-refractivity contribution in [3.63, 3.8) is 0 Å². The van der Waals surface area contributed by atoms with Crippen LogP contribution in [0.15, 0.2) is 72.8 Å². The van der Waals surface area contributed by atoms with Crippen molar-refractivity contribution in [3.05, 3.63) is 84.0 Å². The molecule has 0 aliphatic carbocycles. The first kappa shape index (κ1) is 42.2. The van der Waals surface area contributed by atoms with Crippen LogP contribution in [0.3, 0.4) is 0 Å². The summed E-state index contributed by atoms with van der Waals surface area (Å²) in [5.41, 5.74) is 2.12. The molecule has 0 fully saturated rings. The Balaban J connectivity index is 2.03.